The number of amides is 1. The van der Waals surface area contributed by atoms with Crippen LogP contribution >= 0.6 is 0 Å². The number of carbonyl (C=O) groups is 1. The second kappa shape index (κ2) is 11.4. The van der Waals surface area contributed by atoms with Crippen molar-refractivity contribution in [1.29, 1.82) is 0 Å². The van der Waals surface area contributed by atoms with Gasteiger partial charge in [-0.2, -0.15) is 0 Å². The Balaban J connectivity index is 1.44. The molecule has 1 saturated carbocycles. The van der Waals surface area contributed by atoms with Crippen LogP contribution in [-0.4, -0.2) is 38.7 Å². The van der Waals surface area contributed by atoms with Crippen molar-refractivity contribution in [2.75, 3.05) is 26.8 Å². The lowest BCUT2D eigenvalue weighted by atomic mass is 10.1. The molecule has 1 amide bonds. The molecule has 0 saturated heterocycles. The SMILES string of the molecule is CN=C(NCCc1ccc(OCC(N)=O)cc1)NC(C)c1ccc(OCC2CC2)c(F)c1. The Hall–Kier alpha value is -3.29. The van der Waals surface area contributed by atoms with E-state index in [4.69, 9.17) is 15.2 Å². The quantitative estimate of drug-likeness (QED) is 0.367. The van der Waals surface area contributed by atoms with Crippen molar-refractivity contribution in [2.45, 2.75) is 32.2 Å². The molecule has 1 aliphatic rings. The summed E-state index contributed by atoms with van der Waals surface area (Å²) >= 11 is 0. The summed E-state index contributed by atoms with van der Waals surface area (Å²) in [5.41, 5.74) is 7.00. The van der Waals surface area contributed by atoms with Gasteiger partial charge < -0.3 is 25.8 Å². The van der Waals surface area contributed by atoms with Crippen LogP contribution in [0.25, 0.3) is 0 Å². The van der Waals surface area contributed by atoms with E-state index in [1.165, 1.54) is 18.9 Å². The molecular formula is C24H31FN4O3. The van der Waals surface area contributed by atoms with Gasteiger partial charge in [0, 0.05) is 13.6 Å². The fourth-order valence-corrected chi connectivity index (χ4v) is 3.11. The van der Waals surface area contributed by atoms with Crippen molar-refractivity contribution in [3.63, 3.8) is 0 Å². The summed E-state index contributed by atoms with van der Waals surface area (Å²) < 4.78 is 25.2. The van der Waals surface area contributed by atoms with Crippen LogP contribution in [-0.2, 0) is 11.2 Å². The van der Waals surface area contributed by atoms with Gasteiger partial charge in [0.25, 0.3) is 5.91 Å². The van der Waals surface area contributed by atoms with Crippen molar-refractivity contribution in [2.24, 2.45) is 16.6 Å². The molecule has 0 bridgehead atoms. The van der Waals surface area contributed by atoms with Gasteiger partial charge in [-0.3, -0.25) is 9.79 Å². The number of halogens is 1. The van der Waals surface area contributed by atoms with Gasteiger partial charge in [0.1, 0.15) is 5.75 Å². The van der Waals surface area contributed by atoms with Gasteiger partial charge in [-0.15, -0.1) is 0 Å². The largest absolute Gasteiger partial charge is 0.490 e. The van der Waals surface area contributed by atoms with E-state index in [0.29, 0.717) is 36.5 Å². The Morgan fingerprint density at radius 2 is 1.97 bits per heavy atom. The average Bonchev–Trinajstić information content (AvgIpc) is 3.61. The monoisotopic (exact) mass is 442 g/mol. The molecule has 0 aromatic heterocycles. The van der Waals surface area contributed by atoms with Crippen molar-refractivity contribution in [3.05, 3.63) is 59.4 Å². The first-order valence-corrected chi connectivity index (χ1v) is 10.8. The van der Waals surface area contributed by atoms with Gasteiger partial charge in [-0.25, -0.2) is 4.39 Å². The molecule has 0 heterocycles. The summed E-state index contributed by atoms with van der Waals surface area (Å²) in [6.45, 7) is 3.07. The van der Waals surface area contributed by atoms with E-state index in [2.05, 4.69) is 15.6 Å². The highest BCUT2D eigenvalue weighted by Crippen LogP contribution is 2.30. The Morgan fingerprint density at radius 1 is 1.22 bits per heavy atom. The van der Waals surface area contributed by atoms with Crippen LogP contribution in [0.4, 0.5) is 4.39 Å². The molecule has 1 fully saturated rings. The molecule has 3 rings (SSSR count). The maximum atomic E-state index is 14.4. The number of hydrogen-bond donors (Lipinski definition) is 3. The number of guanidine groups is 1. The highest BCUT2D eigenvalue weighted by molar-refractivity contribution is 5.80. The van der Waals surface area contributed by atoms with E-state index < -0.39 is 5.91 Å². The molecule has 7 nitrogen and oxygen atoms in total. The first-order valence-electron chi connectivity index (χ1n) is 10.8. The van der Waals surface area contributed by atoms with E-state index in [0.717, 1.165) is 17.5 Å². The topological polar surface area (TPSA) is 98.0 Å². The maximum Gasteiger partial charge on any atom is 0.255 e. The van der Waals surface area contributed by atoms with Crippen LogP contribution < -0.4 is 25.8 Å². The van der Waals surface area contributed by atoms with Gasteiger partial charge in [0.2, 0.25) is 0 Å². The predicted molar refractivity (Wildman–Crippen MR) is 122 cm³/mol. The Morgan fingerprint density at radius 3 is 2.59 bits per heavy atom. The molecule has 1 aliphatic carbocycles. The molecule has 2 aromatic carbocycles. The highest BCUT2D eigenvalue weighted by Gasteiger charge is 2.22. The van der Waals surface area contributed by atoms with E-state index in [9.17, 15) is 9.18 Å². The fraction of sp³-hybridized carbons (Fsp3) is 0.417. The molecule has 0 aliphatic heterocycles. The summed E-state index contributed by atoms with van der Waals surface area (Å²) in [7, 11) is 1.70. The molecular weight excluding hydrogens is 411 g/mol. The summed E-state index contributed by atoms with van der Waals surface area (Å²) in [5, 5.41) is 6.55. The number of ether oxygens (including phenoxy) is 2. The second-order valence-corrected chi connectivity index (χ2v) is 7.96. The molecule has 172 valence electrons. The van der Waals surface area contributed by atoms with Crippen LogP contribution in [0.1, 0.15) is 36.9 Å². The third-order valence-electron chi connectivity index (χ3n) is 5.21. The Bertz CT molecular complexity index is 929. The summed E-state index contributed by atoms with van der Waals surface area (Å²) in [5.74, 6) is 1.27. The number of nitrogens with one attached hydrogen (secondary N) is 2. The van der Waals surface area contributed by atoms with E-state index in [1.807, 2.05) is 25.1 Å². The highest BCUT2D eigenvalue weighted by atomic mass is 19.1. The molecule has 1 atom stereocenters. The zero-order valence-corrected chi connectivity index (χ0v) is 18.6. The smallest absolute Gasteiger partial charge is 0.255 e. The number of benzene rings is 2. The number of primary amides is 1. The summed E-state index contributed by atoms with van der Waals surface area (Å²) in [6.07, 6.45) is 3.11. The van der Waals surface area contributed by atoms with Crippen molar-refractivity contribution < 1.29 is 18.7 Å². The number of hydrogen-bond acceptors (Lipinski definition) is 4. The number of carbonyl (C=O) groups excluding carboxylic acids is 1. The minimum absolute atomic E-state index is 0.130. The van der Waals surface area contributed by atoms with Crippen molar-refractivity contribution >= 4 is 11.9 Å². The van der Waals surface area contributed by atoms with E-state index in [-0.39, 0.29) is 18.5 Å². The van der Waals surface area contributed by atoms with Gasteiger partial charge >= 0.3 is 0 Å². The fourth-order valence-electron chi connectivity index (χ4n) is 3.11. The molecule has 8 heteroatoms. The number of nitrogens with zero attached hydrogens (tertiary/aromatic N) is 1. The van der Waals surface area contributed by atoms with E-state index >= 15 is 0 Å². The zero-order chi connectivity index (χ0) is 22.9. The number of nitrogens with two attached hydrogens (primary N) is 1. The molecule has 4 N–H and O–H groups in total. The number of rotatable bonds is 11. The Kier molecular flexibility index (Phi) is 8.30. The van der Waals surface area contributed by atoms with Crippen LogP contribution in [0.15, 0.2) is 47.5 Å². The van der Waals surface area contributed by atoms with Crippen LogP contribution in [0.2, 0.25) is 0 Å². The van der Waals surface area contributed by atoms with E-state index in [1.54, 1.807) is 25.2 Å². The lowest BCUT2D eigenvalue weighted by Crippen LogP contribution is -2.39. The van der Waals surface area contributed by atoms with Gasteiger partial charge in [0.15, 0.2) is 24.1 Å². The minimum atomic E-state index is -0.507. The lowest BCUT2D eigenvalue weighted by Gasteiger charge is -2.19. The minimum Gasteiger partial charge on any atom is -0.490 e. The van der Waals surface area contributed by atoms with Crippen LogP contribution in [0, 0.1) is 11.7 Å². The first-order chi connectivity index (χ1) is 15.4. The predicted octanol–water partition coefficient (Wildman–Crippen LogP) is 2.95. The zero-order valence-electron chi connectivity index (χ0n) is 18.6. The standard InChI is InChI=1S/C24H31FN4O3/c1-16(19-7-10-22(21(25)13-19)32-14-18-3-4-18)29-24(27-2)28-12-11-17-5-8-20(9-6-17)31-15-23(26)30/h5-10,13,16,18H,3-4,11-12,14-15H2,1-2H3,(H2,26,30)(H2,27,28,29). The first kappa shape index (κ1) is 23.4. The van der Waals surface area contributed by atoms with Gasteiger partial charge in [0.05, 0.1) is 12.6 Å². The molecule has 0 radical (unpaired) electrons. The summed E-state index contributed by atoms with van der Waals surface area (Å²) in [4.78, 5) is 15.0. The van der Waals surface area contributed by atoms with Crippen molar-refractivity contribution in [1.82, 2.24) is 10.6 Å². The third-order valence-corrected chi connectivity index (χ3v) is 5.21. The second-order valence-electron chi connectivity index (χ2n) is 7.96. The van der Waals surface area contributed by atoms with Crippen molar-refractivity contribution in [3.8, 4) is 11.5 Å². The van der Waals surface area contributed by atoms with Gasteiger partial charge in [-0.1, -0.05) is 18.2 Å². The summed E-state index contributed by atoms with van der Waals surface area (Å²) in [6, 6.07) is 12.4. The van der Waals surface area contributed by atoms with Gasteiger partial charge in [-0.05, 0) is 67.5 Å². The average molecular weight is 443 g/mol. The molecule has 1 unspecified atom stereocenters. The number of aliphatic imine (C=N–C) groups is 1. The molecule has 0 spiro atoms. The van der Waals surface area contributed by atoms with Crippen LogP contribution in [0.3, 0.4) is 0 Å². The lowest BCUT2D eigenvalue weighted by molar-refractivity contribution is -0.119. The molecule has 32 heavy (non-hydrogen) atoms. The molecule has 2 aromatic rings. The Labute approximate surface area is 188 Å². The van der Waals surface area contributed by atoms with Crippen LogP contribution in [0.5, 0.6) is 11.5 Å². The normalized spacial score (nSPS) is 14.5. The third kappa shape index (κ3) is 7.44. The maximum absolute atomic E-state index is 14.4.